The zero-order valence-electron chi connectivity index (χ0n) is 12.9. The first-order valence-corrected chi connectivity index (χ1v) is 6.52. The van der Waals surface area contributed by atoms with Crippen LogP contribution in [0.5, 0.6) is 0 Å². The quantitative estimate of drug-likeness (QED) is 0.559. The van der Waals surface area contributed by atoms with Gasteiger partial charge in [-0.05, 0) is 41.5 Å². The number of aliphatic carboxylic acids is 2. The Morgan fingerprint density at radius 3 is 0.950 bits per heavy atom. The van der Waals surface area contributed by atoms with Gasteiger partial charge < -0.3 is 20.4 Å². The average molecular weight is 293 g/mol. The lowest BCUT2D eigenvalue weighted by Crippen LogP contribution is -2.42. The molecule has 0 rings (SSSR count). The number of hydrogen-bond donors (Lipinski definition) is 4. The Kier molecular flexibility index (Phi) is 10.2. The maximum Gasteiger partial charge on any atom is 0.335 e. The normalized spacial score (nSPS) is 14.2. The predicted octanol–water partition coefficient (Wildman–Crippen LogP) is 0.391. The van der Waals surface area contributed by atoms with Gasteiger partial charge in [0.2, 0.25) is 0 Å². The second-order valence-corrected chi connectivity index (χ2v) is 5.29. The van der Waals surface area contributed by atoms with E-state index in [1.54, 1.807) is 0 Å². The number of aliphatic hydroxyl groups excluding tert-OH is 2. The summed E-state index contributed by atoms with van der Waals surface area (Å²) in [7, 11) is 0. The molecule has 0 saturated carbocycles. The van der Waals surface area contributed by atoms with Crippen molar-refractivity contribution >= 4 is 11.9 Å². The van der Waals surface area contributed by atoms with Crippen molar-refractivity contribution in [3.8, 4) is 0 Å². The van der Waals surface area contributed by atoms with Gasteiger partial charge in [0.25, 0.3) is 0 Å². The third-order valence-electron chi connectivity index (χ3n) is 2.59. The van der Waals surface area contributed by atoms with Crippen molar-refractivity contribution in [1.29, 1.82) is 0 Å². The van der Waals surface area contributed by atoms with Crippen molar-refractivity contribution < 1.29 is 30.0 Å². The molecule has 7 nitrogen and oxygen atoms in total. The van der Waals surface area contributed by atoms with Gasteiger partial charge in [0, 0.05) is 18.1 Å². The smallest absolute Gasteiger partial charge is 0.335 e. The molecular weight excluding hydrogens is 266 g/mol. The molecule has 2 unspecified atom stereocenters. The summed E-state index contributed by atoms with van der Waals surface area (Å²) in [5.41, 5.74) is 0. The highest BCUT2D eigenvalue weighted by Gasteiger charge is 2.29. The zero-order valence-corrected chi connectivity index (χ0v) is 12.9. The monoisotopic (exact) mass is 293 g/mol. The SMILES string of the molecule is CC(C)N(C(C)C)C(C)C.O=C(O)C(O)C(O)C(=O)O. The molecule has 0 saturated heterocycles. The first kappa shape index (κ1) is 21.1. The van der Waals surface area contributed by atoms with Crippen LogP contribution in [-0.2, 0) is 9.59 Å². The zero-order chi connectivity index (χ0) is 16.6. The molecule has 0 aromatic carbocycles. The molecule has 0 fully saturated rings. The van der Waals surface area contributed by atoms with E-state index in [0.29, 0.717) is 18.1 Å². The summed E-state index contributed by atoms with van der Waals surface area (Å²) in [6.45, 7) is 13.5. The lowest BCUT2D eigenvalue weighted by Gasteiger charge is -2.34. The fourth-order valence-corrected chi connectivity index (χ4v) is 2.06. The Morgan fingerprint density at radius 2 is 0.900 bits per heavy atom. The molecule has 0 aromatic rings. The number of rotatable bonds is 6. The van der Waals surface area contributed by atoms with E-state index in [4.69, 9.17) is 20.4 Å². The minimum Gasteiger partial charge on any atom is -0.479 e. The summed E-state index contributed by atoms with van der Waals surface area (Å²) in [5, 5.41) is 32.5. The first-order chi connectivity index (χ1) is 8.93. The largest absolute Gasteiger partial charge is 0.479 e. The highest BCUT2D eigenvalue weighted by molar-refractivity contribution is 5.83. The molecule has 0 aromatic heterocycles. The summed E-state index contributed by atoms with van der Waals surface area (Å²) >= 11 is 0. The topological polar surface area (TPSA) is 118 Å². The molecule has 0 aliphatic rings. The Balaban J connectivity index is 0. The number of aliphatic hydroxyl groups is 2. The third kappa shape index (κ3) is 8.08. The molecule has 0 radical (unpaired) electrons. The first-order valence-electron chi connectivity index (χ1n) is 6.52. The predicted molar refractivity (Wildman–Crippen MR) is 74.5 cm³/mol. The molecule has 120 valence electrons. The highest BCUT2D eigenvalue weighted by Crippen LogP contribution is 2.09. The number of nitrogens with zero attached hydrogens (tertiary/aromatic N) is 1. The van der Waals surface area contributed by atoms with Crippen LogP contribution in [0.25, 0.3) is 0 Å². The fraction of sp³-hybridized carbons (Fsp3) is 0.846. The van der Waals surface area contributed by atoms with E-state index in [9.17, 15) is 9.59 Å². The van der Waals surface area contributed by atoms with Crippen molar-refractivity contribution in [1.82, 2.24) is 4.90 Å². The van der Waals surface area contributed by atoms with Gasteiger partial charge in [-0.15, -0.1) is 0 Å². The molecule has 2 atom stereocenters. The maximum absolute atomic E-state index is 9.77. The summed E-state index contributed by atoms with van der Waals surface area (Å²) < 4.78 is 0. The fourth-order valence-electron chi connectivity index (χ4n) is 2.06. The van der Waals surface area contributed by atoms with Gasteiger partial charge in [0.1, 0.15) is 0 Å². The van der Waals surface area contributed by atoms with E-state index < -0.39 is 24.1 Å². The van der Waals surface area contributed by atoms with Gasteiger partial charge in [0.15, 0.2) is 12.2 Å². The number of carboxylic acid groups (broad SMARTS) is 2. The van der Waals surface area contributed by atoms with E-state index in [-0.39, 0.29) is 0 Å². The van der Waals surface area contributed by atoms with Crippen molar-refractivity contribution in [3.63, 3.8) is 0 Å². The molecule has 4 N–H and O–H groups in total. The van der Waals surface area contributed by atoms with Crippen LogP contribution in [0.3, 0.4) is 0 Å². The lowest BCUT2D eigenvalue weighted by molar-refractivity contribution is -0.165. The van der Waals surface area contributed by atoms with Crippen LogP contribution in [0.2, 0.25) is 0 Å². The average Bonchev–Trinajstić information content (AvgIpc) is 2.25. The molecule has 0 heterocycles. The molecule has 20 heavy (non-hydrogen) atoms. The van der Waals surface area contributed by atoms with Gasteiger partial charge in [-0.3, -0.25) is 4.90 Å². The van der Waals surface area contributed by atoms with Crippen LogP contribution in [0, 0.1) is 0 Å². The van der Waals surface area contributed by atoms with Crippen LogP contribution >= 0.6 is 0 Å². The second kappa shape index (κ2) is 9.68. The molecular formula is C13H27NO6. The molecule has 0 amide bonds. The van der Waals surface area contributed by atoms with E-state index in [2.05, 4.69) is 46.4 Å². The van der Waals surface area contributed by atoms with Gasteiger partial charge in [0.05, 0.1) is 0 Å². The number of hydrogen-bond acceptors (Lipinski definition) is 5. The second-order valence-electron chi connectivity index (χ2n) is 5.29. The molecule has 0 aliphatic carbocycles. The van der Waals surface area contributed by atoms with Crippen molar-refractivity contribution in [2.24, 2.45) is 0 Å². The van der Waals surface area contributed by atoms with Crippen LogP contribution in [0.4, 0.5) is 0 Å². The van der Waals surface area contributed by atoms with E-state index in [1.807, 2.05) is 0 Å². The van der Waals surface area contributed by atoms with E-state index in [0.717, 1.165) is 0 Å². The summed E-state index contributed by atoms with van der Waals surface area (Å²) in [5.74, 6) is -3.54. The summed E-state index contributed by atoms with van der Waals surface area (Å²) in [4.78, 5) is 22.0. The number of carboxylic acids is 2. The Morgan fingerprint density at radius 1 is 0.700 bits per heavy atom. The number of carbonyl (C=O) groups is 2. The van der Waals surface area contributed by atoms with Crippen LogP contribution < -0.4 is 0 Å². The van der Waals surface area contributed by atoms with Gasteiger partial charge in [-0.25, -0.2) is 9.59 Å². The van der Waals surface area contributed by atoms with Crippen molar-refractivity contribution in [2.45, 2.75) is 71.9 Å². The van der Waals surface area contributed by atoms with Gasteiger partial charge in [-0.2, -0.15) is 0 Å². The van der Waals surface area contributed by atoms with Crippen LogP contribution in [-0.4, -0.2) is 67.6 Å². The summed E-state index contributed by atoms with van der Waals surface area (Å²) in [6.07, 6.45) is -4.53. The van der Waals surface area contributed by atoms with E-state index >= 15 is 0 Å². The minimum atomic E-state index is -2.27. The van der Waals surface area contributed by atoms with Crippen molar-refractivity contribution in [3.05, 3.63) is 0 Å². The Bertz CT molecular complexity index is 266. The van der Waals surface area contributed by atoms with Crippen LogP contribution in [0.15, 0.2) is 0 Å². The van der Waals surface area contributed by atoms with Crippen molar-refractivity contribution in [2.75, 3.05) is 0 Å². The van der Waals surface area contributed by atoms with Crippen LogP contribution in [0.1, 0.15) is 41.5 Å². The molecule has 0 bridgehead atoms. The molecule has 0 spiro atoms. The van der Waals surface area contributed by atoms with Gasteiger partial charge >= 0.3 is 11.9 Å². The van der Waals surface area contributed by atoms with E-state index in [1.165, 1.54) is 0 Å². The molecule has 0 aliphatic heterocycles. The lowest BCUT2D eigenvalue weighted by atomic mass is 10.2. The third-order valence-corrected chi connectivity index (χ3v) is 2.59. The Labute approximate surface area is 119 Å². The summed E-state index contributed by atoms with van der Waals surface area (Å²) in [6, 6.07) is 2.00. The van der Waals surface area contributed by atoms with Gasteiger partial charge in [-0.1, -0.05) is 0 Å². The maximum atomic E-state index is 9.77. The molecule has 7 heteroatoms. The Hall–Kier alpha value is -1.18. The minimum absolute atomic E-state index is 0.667. The standard InChI is InChI=1S/C9H21N.C4H6O6/c1-7(2)10(8(3)4)9(5)6;5-1(3(7)8)2(6)4(9)10/h7-9H,1-6H3;1-2,5-6H,(H,7,8)(H,9,10). The highest BCUT2D eigenvalue weighted by atomic mass is 16.4.